The Labute approximate surface area is 95.6 Å². The number of nitrogens with one attached hydrogen (secondary N) is 1. The molecule has 0 heterocycles. The number of carboxylic acid groups (broad SMARTS) is 1. The lowest BCUT2D eigenvalue weighted by molar-refractivity contribution is -0.159. The fourth-order valence-electron chi connectivity index (χ4n) is 0.851. The van der Waals surface area contributed by atoms with Gasteiger partial charge in [0.1, 0.15) is 11.6 Å². The molecule has 0 aliphatic rings. The molecule has 0 rings (SSSR count). The van der Waals surface area contributed by atoms with E-state index in [1.165, 1.54) is 7.05 Å². The molecule has 1 unspecified atom stereocenters. The van der Waals surface area contributed by atoms with Crippen molar-refractivity contribution in [3.63, 3.8) is 0 Å². The number of carbonyl (C=O) groups excluding carboxylic acids is 1. The minimum absolute atomic E-state index is 0. The summed E-state index contributed by atoms with van der Waals surface area (Å²) in [5, 5.41) is 11.1. The van der Waals surface area contributed by atoms with E-state index in [9.17, 15) is 9.59 Å². The molecule has 0 saturated heterocycles. The summed E-state index contributed by atoms with van der Waals surface area (Å²) in [4.78, 5) is 21.8. The Bertz CT molecular complexity index is 225. The van der Waals surface area contributed by atoms with Crippen LogP contribution in [0.2, 0.25) is 0 Å². The van der Waals surface area contributed by atoms with Gasteiger partial charge >= 0.3 is 11.9 Å². The first-order valence-electron chi connectivity index (χ1n) is 4.38. The van der Waals surface area contributed by atoms with Crippen molar-refractivity contribution in [2.75, 3.05) is 7.05 Å². The minimum Gasteiger partial charge on any atom is -0.481 e. The third-order valence-electron chi connectivity index (χ3n) is 1.42. The number of likely N-dealkylation sites (N-methyl/N-ethyl adjacent to an activating group) is 1. The van der Waals surface area contributed by atoms with Crippen LogP contribution in [0.3, 0.4) is 0 Å². The van der Waals surface area contributed by atoms with E-state index >= 15 is 0 Å². The molecule has 0 bridgehead atoms. The maximum atomic E-state index is 11.4. The monoisotopic (exact) mass is 239 g/mol. The van der Waals surface area contributed by atoms with Crippen LogP contribution in [0.5, 0.6) is 0 Å². The van der Waals surface area contributed by atoms with Crippen LogP contribution in [-0.4, -0.2) is 35.7 Å². The van der Waals surface area contributed by atoms with Crippen LogP contribution in [0.25, 0.3) is 0 Å². The van der Waals surface area contributed by atoms with Crippen molar-refractivity contribution >= 4 is 24.3 Å². The first kappa shape index (κ1) is 16.6. The van der Waals surface area contributed by atoms with Gasteiger partial charge in [-0.25, -0.2) is 0 Å². The first-order chi connectivity index (χ1) is 6.26. The van der Waals surface area contributed by atoms with Gasteiger partial charge in [0.15, 0.2) is 0 Å². The highest BCUT2D eigenvalue weighted by Gasteiger charge is 2.25. The van der Waals surface area contributed by atoms with Gasteiger partial charge in [-0.15, -0.1) is 12.4 Å². The Morgan fingerprint density at radius 2 is 1.87 bits per heavy atom. The summed E-state index contributed by atoms with van der Waals surface area (Å²) in [7, 11) is 1.53. The second-order valence-corrected chi connectivity index (χ2v) is 3.97. The van der Waals surface area contributed by atoms with Gasteiger partial charge in [0, 0.05) is 0 Å². The lowest BCUT2D eigenvalue weighted by Gasteiger charge is -2.22. The van der Waals surface area contributed by atoms with Crippen LogP contribution in [0.15, 0.2) is 0 Å². The average molecular weight is 240 g/mol. The fraction of sp³-hybridized carbons (Fsp3) is 0.778. The van der Waals surface area contributed by atoms with E-state index in [1.807, 2.05) is 0 Å². The first-order valence-corrected chi connectivity index (χ1v) is 4.38. The summed E-state index contributed by atoms with van der Waals surface area (Å²) >= 11 is 0. The number of esters is 1. The van der Waals surface area contributed by atoms with Crippen molar-refractivity contribution in [1.82, 2.24) is 5.32 Å². The second-order valence-electron chi connectivity index (χ2n) is 3.97. The zero-order chi connectivity index (χ0) is 11.4. The number of carboxylic acids is 1. The zero-order valence-electron chi connectivity index (χ0n) is 9.36. The summed E-state index contributed by atoms with van der Waals surface area (Å²) in [6.07, 6.45) is -0.272. The predicted molar refractivity (Wildman–Crippen MR) is 58.2 cm³/mol. The maximum Gasteiger partial charge on any atom is 0.324 e. The molecule has 15 heavy (non-hydrogen) atoms. The van der Waals surface area contributed by atoms with E-state index in [0.29, 0.717) is 0 Å². The molecule has 0 aliphatic heterocycles. The molecule has 90 valence electrons. The quantitative estimate of drug-likeness (QED) is 0.711. The SMILES string of the molecule is CNC(CC(=O)O)C(=O)OC(C)(C)C.Cl. The van der Waals surface area contributed by atoms with Crippen LogP contribution < -0.4 is 5.32 Å². The van der Waals surface area contributed by atoms with Gasteiger partial charge in [-0.05, 0) is 27.8 Å². The van der Waals surface area contributed by atoms with Gasteiger partial charge in [0.2, 0.25) is 0 Å². The number of ether oxygens (including phenoxy) is 1. The van der Waals surface area contributed by atoms with Crippen LogP contribution >= 0.6 is 12.4 Å². The summed E-state index contributed by atoms with van der Waals surface area (Å²) in [6.45, 7) is 5.20. The van der Waals surface area contributed by atoms with E-state index in [1.54, 1.807) is 20.8 Å². The number of hydrogen-bond acceptors (Lipinski definition) is 4. The zero-order valence-corrected chi connectivity index (χ0v) is 10.2. The highest BCUT2D eigenvalue weighted by molar-refractivity contribution is 5.85. The Balaban J connectivity index is 0. The molecular weight excluding hydrogens is 222 g/mol. The Hall–Kier alpha value is -0.810. The smallest absolute Gasteiger partial charge is 0.324 e. The Morgan fingerprint density at radius 1 is 1.40 bits per heavy atom. The Kier molecular flexibility index (Phi) is 7.35. The fourth-order valence-corrected chi connectivity index (χ4v) is 0.851. The Morgan fingerprint density at radius 3 is 2.13 bits per heavy atom. The van der Waals surface area contributed by atoms with Crippen LogP contribution in [0.1, 0.15) is 27.2 Å². The number of rotatable bonds is 4. The van der Waals surface area contributed by atoms with E-state index < -0.39 is 23.6 Å². The van der Waals surface area contributed by atoms with Gasteiger partial charge in [-0.2, -0.15) is 0 Å². The standard InChI is InChI=1S/C9H17NO4.ClH/c1-9(2,3)14-8(13)6(10-4)5-7(11)12;/h6,10H,5H2,1-4H3,(H,11,12);1H. The molecule has 0 saturated carbocycles. The van der Waals surface area contributed by atoms with E-state index in [4.69, 9.17) is 9.84 Å². The number of hydrogen-bond donors (Lipinski definition) is 2. The number of halogens is 1. The maximum absolute atomic E-state index is 11.4. The molecule has 0 radical (unpaired) electrons. The molecule has 6 heteroatoms. The molecule has 0 fully saturated rings. The molecule has 0 aromatic heterocycles. The van der Waals surface area contributed by atoms with Crippen LogP contribution in [-0.2, 0) is 14.3 Å². The molecule has 0 aliphatic carbocycles. The summed E-state index contributed by atoms with van der Waals surface area (Å²) < 4.78 is 5.03. The van der Waals surface area contributed by atoms with Crippen molar-refractivity contribution in [3.8, 4) is 0 Å². The van der Waals surface area contributed by atoms with Crippen molar-refractivity contribution in [3.05, 3.63) is 0 Å². The molecule has 0 amide bonds. The predicted octanol–water partition coefficient (Wildman–Crippen LogP) is 0.813. The van der Waals surface area contributed by atoms with Gasteiger partial charge < -0.3 is 15.2 Å². The molecule has 0 aromatic carbocycles. The topological polar surface area (TPSA) is 75.6 Å². The van der Waals surface area contributed by atoms with Crippen molar-refractivity contribution < 1.29 is 19.4 Å². The average Bonchev–Trinajstić information content (AvgIpc) is 1.96. The van der Waals surface area contributed by atoms with Crippen LogP contribution in [0.4, 0.5) is 0 Å². The summed E-state index contributed by atoms with van der Waals surface area (Å²) in [5.74, 6) is -1.57. The van der Waals surface area contributed by atoms with Crippen molar-refractivity contribution in [1.29, 1.82) is 0 Å². The van der Waals surface area contributed by atoms with Gasteiger partial charge in [-0.1, -0.05) is 0 Å². The van der Waals surface area contributed by atoms with Crippen molar-refractivity contribution in [2.24, 2.45) is 0 Å². The lowest BCUT2D eigenvalue weighted by atomic mass is 10.1. The largest absolute Gasteiger partial charge is 0.481 e. The normalized spacial score (nSPS) is 12.5. The summed E-state index contributed by atoms with van der Waals surface area (Å²) in [6, 6.07) is -0.785. The molecule has 2 N–H and O–H groups in total. The third kappa shape index (κ3) is 8.20. The van der Waals surface area contributed by atoms with E-state index in [0.717, 1.165) is 0 Å². The van der Waals surface area contributed by atoms with Gasteiger partial charge in [-0.3, -0.25) is 9.59 Å². The highest BCUT2D eigenvalue weighted by atomic mass is 35.5. The molecule has 5 nitrogen and oxygen atoms in total. The second kappa shape index (κ2) is 6.63. The molecule has 1 atom stereocenters. The van der Waals surface area contributed by atoms with E-state index in [-0.39, 0.29) is 18.8 Å². The van der Waals surface area contributed by atoms with Crippen molar-refractivity contribution in [2.45, 2.75) is 38.8 Å². The third-order valence-corrected chi connectivity index (χ3v) is 1.42. The van der Waals surface area contributed by atoms with Gasteiger partial charge in [0.25, 0.3) is 0 Å². The lowest BCUT2D eigenvalue weighted by Crippen LogP contribution is -2.40. The molecule has 0 aromatic rings. The number of carbonyl (C=O) groups is 2. The highest BCUT2D eigenvalue weighted by Crippen LogP contribution is 2.09. The van der Waals surface area contributed by atoms with Gasteiger partial charge in [0.05, 0.1) is 6.42 Å². The molecular formula is C9H18ClNO4. The minimum atomic E-state index is -1.03. The molecule has 0 spiro atoms. The number of aliphatic carboxylic acids is 1. The van der Waals surface area contributed by atoms with Crippen LogP contribution in [0, 0.1) is 0 Å². The summed E-state index contributed by atoms with van der Waals surface area (Å²) in [5.41, 5.74) is -0.593. The van der Waals surface area contributed by atoms with E-state index in [2.05, 4.69) is 5.32 Å².